The first-order valence-corrected chi connectivity index (χ1v) is 7.17. The third kappa shape index (κ3) is 2.29. The van der Waals surface area contributed by atoms with Crippen LogP contribution in [0.2, 0.25) is 5.02 Å². The molecule has 0 radical (unpaired) electrons. The lowest BCUT2D eigenvalue weighted by Crippen LogP contribution is -2.41. The number of benzene rings is 1. The summed E-state index contributed by atoms with van der Waals surface area (Å²) in [5.74, 6) is 0.746. The average molecular weight is 266 g/mol. The zero-order chi connectivity index (χ0) is 12.6. The smallest absolute Gasteiger partial charge is 0.0675 e. The van der Waals surface area contributed by atoms with Crippen LogP contribution in [0.25, 0.3) is 0 Å². The summed E-state index contributed by atoms with van der Waals surface area (Å²) in [7, 11) is 0. The first-order chi connectivity index (χ1) is 8.73. The topological polar surface area (TPSA) is 35.2 Å². The van der Waals surface area contributed by atoms with Gasteiger partial charge in [-0.15, -0.1) is 0 Å². The van der Waals surface area contributed by atoms with Gasteiger partial charge < -0.3 is 10.5 Å². The summed E-state index contributed by atoms with van der Waals surface area (Å²) in [6, 6.07) is 8.14. The van der Waals surface area contributed by atoms with E-state index in [0.717, 1.165) is 30.4 Å². The molecule has 2 N–H and O–H groups in total. The first-order valence-electron chi connectivity index (χ1n) is 6.80. The highest BCUT2D eigenvalue weighted by Gasteiger charge is 2.50. The fourth-order valence-electron chi connectivity index (χ4n) is 3.28. The van der Waals surface area contributed by atoms with Gasteiger partial charge in [0, 0.05) is 23.6 Å². The maximum atomic E-state index is 6.10. The minimum Gasteiger partial charge on any atom is -0.377 e. The monoisotopic (exact) mass is 265 g/mol. The molecule has 2 nitrogen and oxygen atoms in total. The summed E-state index contributed by atoms with van der Waals surface area (Å²) in [5.41, 5.74) is 7.51. The minimum atomic E-state index is 0.131. The molecule has 18 heavy (non-hydrogen) atoms. The first kappa shape index (κ1) is 12.5. The van der Waals surface area contributed by atoms with Crippen LogP contribution < -0.4 is 5.73 Å². The molecule has 98 valence electrons. The maximum absolute atomic E-state index is 6.10. The third-order valence-electron chi connectivity index (χ3n) is 4.40. The second-order valence-electron chi connectivity index (χ2n) is 5.75. The Labute approximate surface area is 113 Å². The lowest BCUT2D eigenvalue weighted by Gasteiger charge is -2.33. The molecule has 2 aliphatic rings. The highest BCUT2D eigenvalue weighted by Crippen LogP contribution is 2.49. The molecule has 0 spiro atoms. The summed E-state index contributed by atoms with van der Waals surface area (Å²) in [6.45, 7) is 1.57. The quantitative estimate of drug-likeness (QED) is 0.908. The Morgan fingerprint density at radius 3 is 2.89 bits per heavy atom. The van der Waals surface area contributed by atoms with Gasteiger partial charge in [-0.25, -0.2) is 0 Å². The van der Waals surface area contributed by atoms with Crippen molar-refractivity contribution >= 4 is 11.6 Å². The van der Waals surface area contributed by atoms with Gasteiger partial charge in [-0.1, -0.05) is 23.7 Å². The van der Waals surface area contributed by atoms with E-state index >= 15 is 0 Å². The van der Waals surface area contributed by atoms with Crippen LogP contribution in [-0.2, 0) is 11.2 Å². The van der Waals surface area contributed by atoms with Crippen molar-refractivity contribution in [1.29, 1.82) is 0 Å². The normalized spacial score (nSPS) is 31.8. The van der Waals surface area contributed by atoms with Gasteiger partial charge >= 0.3 is 0 Å². The molecule has 0 aromatic heterocycles. The molecule has 3 rings (SSSR count). The molecule has 2 atom stereocenters. The van der Waals surface area contributed by atoms with Gasteiger partial charge in [0.15, 0.2) is 0 Å². The predicted molar refractivity (Wildman–Crippen MR) is 73.7 cm³/mol. The van der Waals surface area contributed by atoms with Gasteiger partial charge in [0.25, 0.3) is 0 Å². The van der Waals surface area contributed by atoms with Gasteiger partial charge in [-0.3, -0.25) is 0 Å². The Morgan fingerprint density at radius 2 is 2.22 bits per heavy atom. The lowest BCUT2D eigenvalue weighted by atomic mass is 9.74. The Bertz CT molecular complexity index is 432. The van der Waals surface area contributed by atoms with E-state index in [0.29, 0.717) is 12.6 Å². The van der Waals surface area contributed by atoms with E-state index in [4.69, 9.17) is 22.1 Å². The van der Waals surface area contributed by atoms with Crippen molar-refractivity contribution in [3.8, 4) is 0 Å². The van der Waals surface area contributed by atoms with Crippen LogP contribution >= 0.6 is 11.6 Å². The summed E-state index contributed by atoms with van der Waals surface area (Å²) < 4.78 is 5.97. The van der Waals surface area contributed by atoms with Crippen LogP contribution in [0.3, 0.4) is 0 Å². The second kappa shape index (κ2) is 4.84. The van der Waals surface area contributed by atoms with Crippen LogP contribution in [0.15, 0.2) is 24.3 Å². The SMILES string of the molecule is NCC1(Cc2cccc(Cl)c2)CCOC1C1CC1. The summed E-state index contributed by atoms with van der Waals surface area (Å²) in [4.78, 5) is 0. The Kier molecular flexibility index (Phi) is 3.35. The molecule has 1 aliphatic heterocycles. The van der Waals surface area contributed by atoms with Crippen molar-refractivity contribution in [2.24, 2.45) is 17.1 Å². The molecule has 1 aliphatic carbocycles. The van der Waals surface area contributed by atoms with E-state index in [1.807, 2.05) is 12.1 Å². The molecule has 1 aromatic rings. The molecule has 1 saturated heterocycles. The lowest BCUT2D eigenvalue weighted by molar-refractivity contribution is 0.0345. The molecule has 0 amide bonds. The van der Waals surface area contributed by atoms with E-state index in [1.165, 1.54) is 18.4 Å². The van der Waals surface area contributed by atoms with E-state index in [2.05, 4.69) is 12.1 Å². The Balaban J connectivity index is 1.82. The van der Waals surface area contributed by atoms with Crippen molar-refractivity contribution in [2.45, 2.75) is 31.8 Å². The molecule has 0 bridgehead atoms. The van der Waals surface area contributed by atoms with Gasteiger partial charge in [0.1, 0.15) is 0 Å². The third-order valence-corrected chi connectivity index (χ3v) is 4.64. The fourth-order valence-corrected chi connectivity index (χ4v) is 3.49. The highest BCUT2D eigenvalue weighted by molar-refractivity contribution is 6.30. The number of ether oxygens (including phenoxy) is 1. The van der Waals surface area contributed by atoms with Gasteiger partial charge in [-0.05, 0) is 49.3 Å². The number of hydrogen-bond donors (Lipinski definition) is 1. The van der Waals surface area contributed by atoms with Crippen molar-refractivity contribution in [3.05, 3.63) is 34.9 Å². The van der Waals surface area contributed by atoms with Gasteiger partial charge in [-0.2, -0.15) is 0 Å². The number of rotatable bonds is 4. The summed E-state index contributed by atoms with van der Waals surface area (Å²) in [6.07, 6.45) is 5.05. The molecule has 3 heteroatoms. The Hall–Kier alpha value is -0.570. The van der Waals surface area contributed by atoms with Crippen LogP contribution in [0.5, 0.6) is 0 Å². The number of halogens is 1. The highest BCUT2D eigenvalue weighted by atomic mass is 35.5. The maximum Gasteiger partial charge on any atom is 0.0675 e. The van der Waals surface area contributed by atoms with Crippen LogP contribution in [0.4, 0.5) is 0 Å². The van der Waals surface area contributed by atoms with Crippen molar-refractivity contribution in [2.75, 3.05) is 13.2 Å². The van der Waals surface area contributed by atoms with E-state index in [1.54, 1.807) is 0 Å². The Morgan fingerprint density at radius 1 is 1.39 bits per heavy atom. The van der Waals surface area contributed by atoms with E-state index in [9.17, 15) is 0 Å². The summed E-state index contributed by atoms with van der Waals surface area (Å²) in [5, 5.41) is 0.807. The van der Waals surface area contributed by atoms with Crippen molar-refractivity contribution < 1.29 is 4.74 Å². The number of nitrogens with two attached hydrogens (primary N) is 1. The molecular weight excluding hydrogens is 246 g/mol. The van der Waals surface area contributed by atoms with Crippen molar-refractivity contribution in [1.82, 2.24) is 0 Å². The molecule has 1 saturated carbocycles. The van der Waals surface area contributed by atoms with E-state index in [-0.39, 0.29) is 5.41 Å². The van der Waals surface area contributed by atoms with Crippen LogP contribution in [0.1, 0.15) is 24.8 Å². The standard InChI is InChI=1S/C15H20ClNO/c16-13-3-1-2-11(8-13)9-15(10-17)6-7-18-14(15)12-4-5-12/h1-3,8,12,14H,4-7,9-10,17H2. The van der Waals surface area contributed by atoms with Gasteiger partial charge in [0.05, 0.1) is 6.10 Å². The average Bonchev–Trinajstić information content (AvgIpc) is 3.12. The van der Waals surface area contributed by atoms with Crippen LogP contribution in [-0.4, -0.2) is 19.3 Å². The molecule has 1 heterocycles. The zero-order valence-electron chi connectivity index (χ0n) is 10.6. The molecule has 2 unspecified atom stereocenters. The largest absolute Gasteiger partial charge is 0.377 e. The van der Waals surface area contributed by atoms with Crippen LogP contribution in [0, 0.1) is 11.3 Å². The minimum absolute atomic E-state index is 0.131. The molecule has 2 fully saturated rings. The zero-order valence-corrected chi connectivity index (χ0v) is 11.3. The van der Waals surface area contributed by atoms with E-state index < -0.39 is 0 Å². The molecule has 1 aromatic carbocycles. The summed E-state index contributed by atoms with van der Waals surface area (Å²) >= 11 is 6.07. The number of hydrogen-bond acceptors (Lipinski definition) is 2. The predicted octanol–water partition coefficient (Wildman–Crippen LogP) is 3.03. The van der Waals surface area contributed by atoms with Crippen molar-refractivity contribution in [3.63, 3.8) is 0 Å². The fraction of sp³-hybridized carbons (Fsp3) is 0.600. The molecular formula is C15H20ClNO. The van der Waals surface area contributed by atoms with Gasteiger partial charge in [0.2, 0.25) is 0 Å². The second-order valence-corrected chi connectivity index (χ2v) is 6.19.